The number of hydrogen-bond donors (Lipinski definition) is 2. The standard InChI is InChI=1S/C14H21FN2O2/c1-16(2)7-10-6-11(19)8-17(10)14-5-3-4-13(15)12(14)9-18/h3-5,10-11,18-19H,6-9H2,1-2H3. The third-order valence-electron chi connectivity index (χ3n) is 3.53. The highest BCUT2D eigenvalue weighted by atomic mass is 19.1. The van der Waals surface area contributed by atoms with Crippen LogP contribution in [-0.2, 0) is 6.61 Å². The summed E-state index contributed by atoms with van der Waals surface area (Å²) in [6.45, 7) is 0.941. The first kappa shape index (κ1) is 14.2. The molecule has 2 unspecified atom stereocenters. The van der Waals surface area contributed by atoms with E-state index in [1.54, 1.807) is 12.1 Å². The molecule has 5 heteroatoms. The monoisotopic (exact) mass is 268 g/mol. The molecule has 1 fully saturated rings. The van der Waals surface area contributed by atoms with Gasteiger partial charge in [0.05, 0.1) is 12.7 Å². The summed E-state index contributed by atoms with van der Waals surface area (Å²) in [4.78, 5) is 4.05. The van der Waals surface area contributed by atoms with Gasteiger partial charge in [-0.25, -0.2) is 4.39 Å². The number of aliphatic hydroxyl groups is 2. The molecule has 1 aromatic rings. The van der Waals surface area contributed by atoms with Crippen LogP contribution in [0.1, 0.15) is 12.0 Å². The quantitative estimate of drug-likeness (QED) is 0.849. The van der Waals surface area contributed by atoms with Crippen LogP contribution in [0.5, 0.6) is 0 Å². The van der Waals surface area contributed by atoms with Crippen molar-refractivity contribution in [2.45, 2.75) is 25.2 Å². The molecule has 1 heterocycles. The van der Waals surface area contributed by atoms with Crippen molar-refractivity contribution in [3.05, 3.63) is 29.6 Å². The largest absolute Gasteiger partial charge is 0.391 e. The van der Waals surface area contributed by atoms with Gasteiger partial charge in [0.2, 0.25) is 0 Å². The molecule has 2 rings (SSSR count). The van der Waals surface area contributed by atoms with Gasteiger partial charge in [-0.05, 0) is 32.6 Å². The molecule has 0 saturated carbocycles. The van der Waals surface area contributed by atoms with Gasteiger partial charge in [-0.3, -0.25) is 0 Å². The van der Waals surface area contributed by atoms with Crippen LogP contribution in [0.3, 0.4) is 0 Å². The first-order chi connectivity index (χ1) is 9.02. The third kappa shape index (κ3) is 3.05. The second-order valence-electron chi connectivity index (χ2n) is 5.35. The predicted molar refractivity (Wildman–Crippen MR) is 72.6 cm³/mol. The minimum atomic E-state index is -0.403. The number of β-amino-alcohol motifs (C(OH)–C–C–N with tert-alkyl or cyclic N) is 1. The maximum absolute atomic E-state index is 13.7. The van der Waals surface area contributed by atoms with Gasteiger partial charge in [0.15, 0.2) is 0 Å². The molecule has 0 spiro atoms. The maximum atomic E-state index is 13.7. The Bertz CT molecular complexity index is 439. The molecule has 1 aromatic carbocycles. The van der Waals surface area contributed by atoms with Gasteiger partial charge in [-0.15, -0.1) is 0 Å². The summed E-state index contributed by atoms with van der Waals surface area (Å²) >= 11 is 0. The van der Waals surface area contributed by atoms with Gasteiger partial charge < -0.3 is 20.0 Å². The summed E-state index contributed by atoms with van der Waals surface area (Å²) in [6.07, 6.45) is 0.263. The lowest BCUT2D eigenvalue weighted by Crippen LogP contribution is -2.38. The van der Waals surface area contributed by atoms with Crippen molar-refractivity contribution in [2.24, 2.45) is 0 Å². The van der Waals surface area contributed by atoms with Crippen LogP contribution in [0, 0.1) is 5.82 Å². The molecule has 1 saturated heterocycles. The summed E-state index contributed by atoms with van der Waals surface area (Å²) in [5.74, 6) is -0.398. The SMILES string of the molecule is CN(C)CC1CC(O)CN1c1cccc(F)c1CO. The molecule has 2 atom stereocenters. The average Bonchev–Trinajstić information content (AvgIpc) is 2.68. The zero-order chi connectivity index (χ0) is 14.0. The Balaban J connectivity index is 2.31. The fourth-order valence-electron chi connectivity index (χ4n) is 2.75. The van der Waals surface area contributed by atoms with E-state index in [2.05, 4.69) is 0 Å². The number of anilines is 1. The van der Waals surface area contributed by atoms with Gasteiger partial charge >= 0.3 is 0 Å². The van der Waals surface area contributed by atoms with Crippen LogP contribution in [0.15, 0.2) is 18.2 Å². The van der Waals surface area contributed by atoms with E-state index < -0.39 is 11.9 Å². The summed E-state index contributed by atoms with van der Waals surface area (Å²) in [5.41, 5.74) is 0.992. The van der Waals surface area contributed by atoms with Crippen molar-refractivity contribution in [2.75, 3.05) is 32.1 Å². The molecular formula is C14H21FN2O2. The predicted octanol–water partition coefficient (Wildman–Crippen LogP) is 0.819. The van der Waals surface area contributed by atoms with E-state index in [0.29, 0.717) is 24.2 Å². The van der Waals surface area contributed by atoms with Gasteiger partial charge in [0.1, 0.15) is 5.82 Å². The van der Waals surface area contributed by atoms with Crippen molar-refractivity contribution in [1.29, 1.82) is 0 Å². The van der Waals surface area contributed by atoms with Crippen LogP contribution >= 0.6 is 0 Å². The molecule has 1 aliphatic rings. The molecule has 1 aliphatic heterocycles. The first-order valence-electron chi connectivity index (χ1n) is 6.50. The Labute approximate surface area is 113 Å². The van der Waals surface area contributed by atoms with Crippen LogP contribution in [0.2, 0.25) is 0 Å². The molecule has 0 aromatic heterocycles. The molecule has 0 aliphatic carbocycles. The highest BCUT2D eigenvalue weighted by Gasteiger charge is 2.32. The lowest BCUT2D eigenvalue weighted by Gasteiger charge is -2.30. The van der Waals surface area contributed by atoms with E-state index in [0.717, 1.165) is 6.54 Å². The van der Waals surface area contributed by atoms with Crippen molar-refractivity contribution in [1.82, 2.24) is 4.90 Å². The highest BCUT2D eigenvalue weighted by Crippen LogP contribution is 2.30. The maximum Gasteiger partial charge on any atom is 0.130 e. The molecule has 19 heavy (non-hydrogen) atoms. The van der Waals surface area contributed by atoms with E-state index in [1.165, 1.54) is 6.07 Å². The Morgan fingerprint density at radius 1 is 1.42 bits per heavy atom. The number of nitrogens with zero attached hydrogens (tertiary/aromatic N) is 2. The van der Waals surface area contributed by atoms with E-state index >= 15 is 0 Å². The summed E-state index contributed by atoms with van der Waals surface area (Å²) in [6, 6.07) is 4.93. The summed E-state index contributed by atoms with van der Waals surface area (Å²) in [5, 5.41) is 19.2. The molecule has 106 valence electrons. The number of benzene rings is 1. The Morgan fingerprint density at radius 3 is 2.79 bits per heavy atom. The van der Waals surface area contributed by atoms with E-state index in [-0.39, 0.29) is 12.6 Å². The first-order valence-corrected chi connectivity index (χ1v) is 6.50. The zero-order valence-corrected chi connectivity index (χ0v) is 11.4. The Kier molecular flexibility index (Phi) is 4.39. The molecule has 0 bridgehead atoms. The van der Waals surface area contributed by atoms with Gasteiger partial charge in [-0.2, -0.15) is 0 Å². The lowest BCUT2D eigenvalue weighted by atomic mass is 10.1. The van der Waals surface area contributed by atoms with Crippen LogP contribution in [-0.4, -0.2) is 54.4 Å². The fraction of sp³-hybridized carbons (Fsp3) is 0.571. The zero-order valence-electron chi connectivity index (χ0n) is 11.4. The lowest BCUT2D eigenvalue weighted by molar-refractivity contribution is 0.191. The van der Waals surface area contributed by atoms with Crippen molar-refractivity contribution in [3.63, 3.8) is 0 Å². The number of hydrogen-bond acceptors (Lipinski definition) is 4. The number of halogens is 1. The van der Waals surface area contributed by atoms with Gasteiger partial charge in [0, 0.05) is 30.4 Å². The minimum Gasteiger partial charge on any atom is -0.391 e. The number of rotatable bonds is 4. The van der Waals surface area contributed by atoms with Crippen LogP contribution in [0.25, 0.3) is 0 Å². The normalized spacial score (nSPS) is 23.4. The molecular weight excluding hydrogens is 247 g/mol. The molecule has 2 N–H and O–H groups in total. The van der Waals surface area contributed by atoms with Crippen molar-refractivity contribution >= 4 is 5.69 Å². The molecule has 0 amide bonds. The second-order valence-corrected chi connectivity index (χ2v) is 5.35. The summed E-state index contributed by atoms with van der Waals surface area (Å²) in [7, 11) is 3.95. The third-order valence-corrected chi connectivity index (χ3v) is 3.53. The van der Waals surface area contributed by atoms with E-state index in [1.807, 2.05) is 23.9 Å². The fourth-order valence-corrected chi connectivity index (χ4v) is 2.75. The van der Waals surface area contributed by atoms with Crippen molar-refractivity contribution < 1.29 is 14.6 Å². The number of likely N-dealkylation sites (N-methyl/N-ethyl adjacent to an activating group) is 1. The smallest absolute Gasteiger partial charge is 0.130 e. The second kappa shape index (κ2) is 5.86. The molecule has 0 radical (unpaired) electrons. The Hall–Kier alpha value is -1.17. The Morgan fingerprint density at radius 2 is 2.16 bits per heavy atom. The van der Waals surface area contributed by atoms with E-state index in [9.17, 15) is 14.6 Å². The number of aliphatic hydroxyl groups excluding tert-OH is 2. The minimum absolute atomic E-state index is 0.136. The highest BCUT2D eigenvalue weighted by molar-refractivity contribution is 5.56. The topological polar surface area (TPSA) is 46.9 Å². The van der Waals surface area contributed by atoms with Crippen LogP contribution < -0.4 is 4.90 Å². The summed E-state index contributed by atoms with van der Waals surface area (Å²) < 4.78 is 13.7. The van der Waals surface area contributed by atoms with Gasteiger partial charge in [0.25, 0.3) is 0 Å². The van der Waals surface area contributed by atoms with Gasteiger partial charge in [-0.1, -0.05) is 6.07 Å². The van der Waals surface area contributed by atoms with Crippen molar-refractivity contribution in [3.8, 4) is 0 Å². The molecule has 4 nitrogen and oxygen atoms in total. The van der Waals surface area contributed by atoms with Crippen LogP contribution in [0.4, 0.5) is 10.1 Å². The average molecular weight is 268 g/mol. The van der Waals surface area contributed by atoms with E-state index in [4.69, 9.17) is 0 Å².